The van der Waals surface area contributed by atoms with Crippen LogP contribution in [0.5, 0.6) is 0 Å². The number of benzene rings is 2. The number of halogens is 2. The molecule has 1 atom stereocenters. The predicted molar refractivity (Wildman–Crippen MR) is 122 cm³/mol. The third kappa shape index (κ3) is 4.19. The van der Waals surface area contributed by atoms with E-state index in [1.807, 2.05) is 0 Å². The highest BCUT2D eigenvalue weighted by Crippen LogP contribution is 2.36. The van der Waals surface area contributed by atoms with E-state index in [1.54, 1.807) is 12.1 Å². The second-order valence-electron chi connectivity index (χ2n) is 7.94. The van der Waals surface area contributed by atoms with Crippen molar-refractivity contribution in [2.24, 2.45) is 5.92 Å². The monoisotopic (exact) mass is 452 g/mol. The summed E-state index contributed by atoms with van der Waals surface area (Å²) in [5.41, 5.74) is 6.31. The minimum atomic E-state index is -0.984. The molecule has 1 aliphatic heterocycles. The first kappa shape index (κ1) is 22.1. The summed E-state index contributed by atoms with van der Waals surface area (Å²) < 4.78 is 28.9. The molecular formula is C23H22F2N6O2. The summed E-state index contributed by atoms with van der Waals surface area (Å²) in [6.45, 7) is 3.59. The predicted octanol–water partition coefficient (Wildman–Crippen LogP) is 3.19. The molecule has 1 aromatic heterocycles. The Balaban J connectivity index is 1.73. The van der Waals surface area contributed by atoms with Gasteiger partial charge in [0.05, 0.1) is 11.4 Å². The van der Waals surface area contributed by atoms with Gasteiger partial charge in [-0.15, -0.1) is 0 Å². The Bertz CT molecular complexity index is 1290. The molecule has 3 aromatic rings. The third-order valence-electron chi connectivity index (χ3n) is 5.57. The van der Waals surface area contributed by atoms with Crippen molar-refractivity contribution in [2.45, 2.75) is 13.3 Å². The van der Waals surface area contributed by atoms with Gasteiger partial charge < -0.3 is 21.4 Å². The molecular weight excluding hydrogens is 430 g/mol. The summed E-state index contributed by atoms with van der Waals surface area (Å²) in [6, 6.07) is 8.57. The maximum Gasteiger partial charge on any atom is 0.276 e. The molecule has 2 heterocycles. The van der Waals surface area contributed by atoms with Crippen LogP contribution in [0.1, 0.15) is 29.4 Å². The lowest BCUT2D eigenvalue weighted by molar-refractivity contribution is 0.102. The topological polar surface area (TPSA) is 117 Å². The Labute approximate surface area is 188 Å². The van der Waals surface area contributed by atoms with E-state index in [-0.39, 0.29) is 5.69 Å². The smallest absolute Gasteiger partial charge is 0.276 e. The summed E-state index contributed by atoms with van der Waals surface area (Å²) in [5.74, 6) is -2.22. The number of nitrogens with one attached hydrogen (secondary N) is 2. The van der Waals surface area contributed by atoms with Gasteiger partial charge in [0, 0.05) is 36.6 Å². The lowest BCUT2D eigenvalue weighted by Gasteiger charge is -2.25. The average Bonchev–Trinajstić information content (AvgIpc) is 3.21. The first-order valence-corrected chi connectivity index (χ1v) is 10.3. The first-order chi connectivity index (χ1) is 15.8. The quantitative estimate of drug-likeness (QED) is 0.406. The summed E-state index contributed by atoms with van der Waals surface area (Å²) >= 11 is 0. The molecule has 170 valence electrons. The van der Waals surface area contributed by atoms with Crippen molar-refractivity contribution in [3.8, 4) is 5.69 Å². The SMILES string of the molecule is CC1CCN(c2c(NC(=O)c3ccc(=O)n(-c4c(F)cccc4F)n3)ccc(N)c2C=N)C1. The van der Waals surface area contributed by atoms with Crippen molar-refractivity contribution >= 4 is 29.2 Å². The van der Waals surface area contributed by atoms with E-state index in [2.05, 4.69) is 22.2 Å². The number of para-hydroxylation sites is 1. The number of hydrogen-bond acceptors (Lipinski definition) is 6. The second kappa shape index (κ2) is 8.81. The van der Waals surface area contributed by atoms with Gasteiger partial charge in [-0.2, -0.15) is 9.78 Å². The largest absolute Gasteiger partial charge is 0.398 e. The van der Waals surface area contributed by atoms with Gasteiger partial charge in [-0.25, -0.2) is 8.78 Å². The third-order valence-corrected chi connectivity index (χ3v) is 5.57. The molecule has 1 fully saturated rings. The van der Waals surface area contributed by atoms with Gasteiger partial charge in [0.25, 0.3) is 11.5 Å². The van der Waals surface area contributed by atoms with Crippen LogP contribution in [0.3, 0.4) is 0 Å². The van der Waals surface area contributed by atoms with Crippen LogP contribution < -0.4 is 21.5 Å². The summed E-state index contributed by atoms with van der Waals surface area (Å²) in [6.07, 6.45) is 2.10. The van der Waals surface area contributed by atoms with Crippen LogP contribution in [0.15, 0.2) is 47.3 Å². The Morgan fingerprint density at radius 1 is 1.18 bits per heavy atom. The van der Waals surface area contributed by atoms with Crippen LogP contribution in [-0.2, 0) is 0 Å². The number of hydrogen-bond donors (Lipinski definition) is 3. The Kier molecular flexibility index (Phi) is 5.91. The van der Waals surface area contributed by atoms with Crippen LogP contribution in [0.25, 0.3) is 5.69 Å². The number of carbonyl (C=O) groups is 1. The molecule has 10 heteroatoms. The van der Waals surface area contributed by atoms with Gasteiger partial charge in [-0.3, -0.25) is 9.59 Å². The van der Waals surface area contributed by atoms with Gasteiger partial charge in [0.15, 0.2) is 11.6 Å². The Morgan fingerprint density at radius 2 is 1.91 bits per heavy atom. The van der Waals surface area contributed by atoms with E-state index in [0.717, 1.165) is 43.9 Å². The number of nitrogens with two attached hydrogens (primary N) is 1. The minimum absolute atomic E-state index is 0.216. The molecule has 0 saturated carbocycles. The summed E-state index contributed by atoms with van der Waals surface area (Å²) in [4.78, 5) is 27.3. The number of rotatable bonds is 5. The first-order valence-electron chi connectivity index (χ1n) is 10.3. The van der Waals surface area contributed by atoms with Crippen molar-refractivity contribution < 1.29 is 13.6 Å². The average molecular weight is 452 g/mol. The Hall–Kier alpha value is -4.08. The fourth-order valence-corrected chi connectivity index (χ4v) is 3.93. The zero-order valence-corrected chi connectivity index (χ0v) is 17.8. The van der Waals surface area contributed by atoms with E-state index in [1.165, 1.54) is 12.1 Å². The van der Waals surface area contributed by atoms with Crippen molar-refractivity contribution in [3.63, 3.8) is 0 Å². The molecule has 0 radical (unpaired) electrons. The van der Waals surface area contributed by atoms with Gasteiger partial charge in [0.1, 0.15) is 11.4 Å². The molecule has 0 bridgehead atoms. The van der Waals surface area contributed by atoms with E-state index in [9.17, 15) is 18.4 Å². The van der Waals surface area contributed by atoms with E-state index < -0.39 is 28.8 Å². The van der Waals surface area contributed by atoms with Crippen molar-refractivity contribution in [1.29, 1.82) is 5.41 Å². The van der Waals surface area contributed by atoms with Crippen LogP contribution >= 0.6 is 0 Å². The molecule has 1 aliphatic rings. The second-order valence-corrected chi connectivity index (χ2v) is 7.94. The fourth-order valence-electron chi connectivity index (χ4n) is 3.93. The molecule has 33 heavy (non-hydrogen) atoms. The lowest BCUT2D eigenvalue weighted by atomic mass is 10.1. The molecule has 8 nitrogen and oxygen atoms in total. The highest BCUT2D eigenvalue weighted by molar-refractivity contribution is 6.07. The molecule has 1 saturated heterocycles. The van der Waals surface area contributed by atoms with Crippen LogP contribution in [0.2, 0.25) is 0 Å². The molecule has 4 N–H and O–H groups in total. The number of anilines is 3. The fraction of sp³-hybridized carbons (Fsp3) is 0.217. The number of nitrogen functional groups attached to an aromatic ring is 1. The van der Waals surface area contributed by atoms with E-state index >= 15 is 0 Å². The van der Waals surface area contributed by atoms with Gasteiger partial charge >= 0.3 is 0 Å². The maximum atomic E-state index is 14.2. The van der Waals surface area contributed by atoms with Gasteiger partial charge in [-0.1, -0.05) is 13.0 Å². The molecule has 1 unspecified atom stereocenters. The molecule has 4 rings (SSSR count). The summed E-state index contributed by atoms with van der Waals surface area (Å²) in [7, 11) is 0. The molecule has 2 aromatic carbocycles. The zero-order valence-electron chi connectivity index (χ0n) is 17.8. The molecule has 0 spiro atoms. The normalized spacial score (nSPS) is 15.5. The Morgan fingerprint density at radius 3 is 2.55 bits per heavy atom. The van der Waals surface area contributed by atoms with Gasteiger partial charge in [-0.05, 0) is 42.7 Å². The maximum absolute atomic E-state index is 14.2. The molecule has 0 aliphatic carbocycles. The van der Waals surface area contributed by atoms with Crippen molar-refractivity contribution in [2.75, 3.05) is 29.0 Å². The number of aromatic nitrogens is 2. The number of nitrogens with zero attached hydrogens (tertiary/aromatic N) is 3. The highest BCUT2D eigenvalue weighted by atomic mass is 19.1. The molecule has 1 amide bonds. The van der Waals surface area contributed by atoms with E-state index in [4.69, 9.17) is 11.1 Å². The standard InChI is InChI=1S/C23H22F2N6O2/c1-13-9-10-30(12-13)21-14(11-26)17(27)5-6-18(21)28-23(33)19-7-8-20(32)31(29-19)22-15(24)3-2-4-16(22)25/h2-8,11,13,26H,9-10,12,27H2,1H3,(H,28,33). The van der Waals surface area contributed by atoms with Crippen molar-refractivity contribution in [3.05, 3.63) is 75.7 Å². The van der Waals surface area contributed by atoms with Crippen molar-refractivity contribution in [1.82, 2.24) is 9.78 Å². The number of amides is 1. The van der Waals surface area contributed by atoms with E-state index in [0.29, 0.717) is 33.2 Å². The zero-order chi connectivity index (χ0) is 23.7. The summed E-state index contributed by atoms with van der Waals surface area (Å²) in [5, 5.41) is 14.4. The van der Waals surface area contributed by atoms with Crippen LogP contribution in [0.4, 0.5) is 25.8 Å². The minimum Gasteiger partial charge on any atom is -0.398 e. The van der Waals surface area contributed by atoms with Crippen LogP contribution in [0, 0.1) is 23.0 Å². The lowest BCUT2D eigenvalue weighted by Crippen LogP contribution is -2.27. The number of carbonyl (C=O) groups excluding carboxylic acids is 1. The van der Waals surface area contributed by atoms with Gasteiger partial charge in [0.2, 0.25) is 0 Å². The highest BCUT2D eigenvalue weighted by Gasteiger charge is 2.25. The van der Waals surface area contributed by atoms with Crippen LogP contribution in [-0.4, -0.2) is 35.0 Å².